The highest BCUT2D eigenvalue weighted by Crippen LogP contribution is 2.34. The van der Waals surface area contributed by atoms with Gasteiger partial charge in [-0.15, -0.1) is 0 Å². The predicted molar refractivity (Wildman–Crippen MR) is 86.7 cm³/mol. The highest BCUT2D eigenvalue weighted by atomic mass is 31.2. The topological polar surface area (TPSA) is 107 Å². The average molecular weight is 337 g/mol. The summed E-state index contributed by atoms with van der Waals surface area (Å²) < 4.78 is 11.1. The van der Waals surface area contributed by atoms with Crippen LogP contribution in [-0.4, -0.2) is 20.7 Å². The zero-order chi connectivity index (χ0) is 17.0. The van der Waals surface area contributed by atoms with Crippen LogP contribution in [0.2, 0.25) is 0 Å². The summed E-state index contributed by atoms with van der Waals surface area (Å²) in [6.07, 6.45) is 4.38. The molecule has 23 heavy (non-hydrogen) atoms. The van der Waals surface area contributed by atoms with Crippen molar-refractivity contribution in [3.05, 3.63) is 53.3 Å². The lowest BCUT2D eigenvalue weighted by molar-refractivity contribution is -0.114. The molecule has 1 aromatic carbocycles. The fourth-order valence-corrected chi connectivity index (χ4v) is 3.08. The molecule has 0 fully saturated rings. The predicted octanol–water partition coefficient (Wildman–Crippen LogP) is 2.74. The molecular formula is C16H20NO5P. The first-order valence-electron chi connectivity index (χ1n) is 7.30. The Morgan fingerprint density at radius 1 is 1.22 bits per heavy atom. The van der Waals surface area contributed by atoms with E-state index in [1.807, 2.05) is 19.1 Å². The first-order valence-corrected chi connectivity index (χ1v) is 8.91. The molecule has 2 rings (SSSR count). The lowest BCUT2D eigenvalue weighted by atomic mass is 9.91. The molecule has 0 radical (unpaired) electrons. The Labute approximate surface area is 134 Å². The van der Waals surface area contributed by atoms with E-state index in [4.69, 9.17) is 9.79 Å². The van der Waals surface area contributed by atoms with E-state index in [0.29, 0.717) is 12.1 Å². The van der Waals surface area contributed by atoms with Crippen molar-refractivity contribution < 1.29 is 24.3 Å². The number of aromatic hydroxyl groups is 1. The Morgan fingerprint density at radius 2 is 1.87 bits per heavy atom. The summed E-state index contributed by atoms with van der Waals surface area (Å²) in [5.74, 6) is 0.243. The van der Waals surface area contributed by atoms with Gasteiger partial charge in [0.1, 0.15) is 5.75 Å². The van der Waals surface area contributed by atoms with Gasteiger partial charge in [-0.25, -0.2) is 4.57 Å². The molecule has 124 valence electrons. The molecule has 1 unspecified atom stereocenters. The largest absolute Gasteiger partial charge is 0.508 e. The Balaban J connectivity index is 2.08. The third-order valence-corrected chi connectivity index (χ3v) is 4.36. The van der Waals surface area contributed by atoms with Gasteiger partial charge in [-0.05, 0) is 48.1 Å². The molecule has 0 aromatic heterocycles. The molecule has 1 aliphatic carbocycles. The summed E-state index contributed by atoms with van der Waals surface area (Å²) >= 11 is 0. The van der Waals surface area contributed by atoms with Crippen LogP contribution >= 0.6 is 7.75 Å². The van der Waals surface area contributed by atoms with Crippen molar-refractivity contribution >= 4 is 13.5 Å². The lowest BCUT2D eigenvalue weighted by Gasteiger charge is -2.19. The van der Waals surface area contributed by atoms with E-state index in [2.05, 4.69) is 5.09 Å². The van der Waals surface area contributed by atoms with Crippen LogP contribution in [0.4, 0.5) is 0 Å². The summed E-state index contributed by atoms with van der Waals surface area (Å²) in [5.41, 5.74) is 2.10. The second kappa shape index (κ2) is 7.13. The van der Waals surface area contributed by atoms with E-state index in [1.165, 1.54) is 6.08 Å². The smallest absolute Gasteiger partial charge is 0.427 e. The first-order chi connectivity index (χ1) is 10.7. The quantitative estimate of drug-likeness (QED) is 0.595. The number of hydrogen-bond acceptors (Lipinski definition) is 3. The van der Waals surface area contributed by atoms with Crippen LogP contribution in [0, 0.1) is 0 Å². The maximum Gasteiger partial charge on any atom is 0.427 e. The molecule has 0 saturated carbocycles. The number of allylic oxidation sites excluding steroid dienone is 4. The Kier molecular flexibility index (Phi) is 5.42. The van der Waals surface area contributed by atoms with Crippen molar-refractivity contribution in [1.82, 2.24) is 5.09 Å². The van der Waals surface area contributed by atoms with Crippen LogP contribution < -0.4 is 5.09 Å². The molecule has 0 aliphatic heterocycles. The SMILES string of the molecule is CC(CCC1=C(NP(=O)(O)O)CC(=O)C=C1)c1ccc(O)cc1. The number of carbonyl (C=O) groups excluding carboxylic acids is 1. The second-order valence-electron chi connectivity index (χ2n) is 5.67. The number of nitrogens with one attached hydrogen (secondary N) is 1. The minimum absolute atomic E-state index is 0.0233. The molecule has 7 heteroatoms. The minimum atomic E-state index is -4.43. The number of rotatable bonds is 6. The Bertz CT molecular complexity index is 687. The maximum absolute atomic E-state index is 11.5. The third-order valence-electron chi connectivity index (χ3n) is 3.80. The summed E-state index contributed by atoms with van der Waals surface area (Å²) in [5, 5.41) is 11.5. The van der Waals surface area contributed by atoms with Crippen LogP contribution in [0.1, 0.15) is 37.7 Å². The van der Waals surface area contributed by atoms with E-state index in [1.54, 1.807) is 18.2 Å². The zero-order valence-corrected chi connectivity index (χ0v) is 13.7. The number of carbonyl (C=O) groups is 1. The molecule has 0 heterocycles. The van der Waals surface area contributed by atoms with Gasteiger partial charge in [0.25, 0.3) is 0 Å². The minimum Gasteiger partial charge on any atom is -0.508 e. The van der Waals surface area contributed by atoms with Crippen molar-refractivity contribution in [2.75, 3.05) is 0 Å². The molecule has 4 N–H and O–H groups in total. The molecule has 0 spiro atoms. The third kappa shape index (κ3) is 5.36. The Morgan fingerprint density at radius 3 is 2.48 bits per heavy atom. The summed E-state index contributed by atoms with van der Waals surface area (Å²) in [6, 6.07) is 6.96. The van der Waals surface area contributed by atoms with E-state index in [-0.39, 0.29) is 23.9 Å². The van der Waals surface area contributed by atoms with Crippen molar-refractivity contribution in [3.8, 4) is 5.75 Å². The maximum atomic E-state index is 11.5. The molecule has 0 bridgehead atoms. The molecule has 1 aliphatic rings. The molecule has 0 amide bonds. The fraction of sp³-hybridized carbons (Fsp3) is 0.312. The number of ketones is 1. The molecule has 1 aromatic rings. The standard InChI is InChI=1S/C16H20NO5P/c1-11(12-4-7-14(18)8-5-12)2-3-13-6-9-15(19)10-16(13)17-23(20,21)22/h4-9,11,18H,2-3,10H2,1H3,(H3,17,20,21,22). The van der Waals surface area contributed by atoms with Gasteiger partial charge >= 0.3 is 7.75 Å². The molecule has 1 atom stereocenters. The average Bonchev–Trinajstić information content (AvgIpc) is 2.45. The van der Waals surface area contributed by atoms with Gasteiger partial charge in [0.05, 0.1) is 6.42 Å². The summed E-state index contributed by atoms with van der Waals surface area (Å²) in [4.78, 5) is 29.6. The number of hydrogen-bond donors (Lipinski definition) is 4. The van der Waals surface area contributed by atoms with E-state index in [9.17, 15) is 14.5 Å². The lowest BCUT2D eigenvalue weighted by Crippen LogP contribution is -2.17. The number of benzene rings is 1. The van der Waals surface area contributed by atoms with Gasteiger partial charge < -0.3 is 14.9 Å². The van der Waals surface area contributed by atoms with Gasteiger partial charge in [0, 0.05) is 5.70 Å². The van der Waals surface area contributed by atoms with E-state index in [0.717, 1.165) is 17.6 Å². The van der Waals surface area contributed by atoms with E-state index < -0.39 is 7.75 Å². The molecule has 6 nitrogen and oxygen atoms in total. The van der Waals surface area contributed by atoms with Crippen LogP contribution in [0.3, 0.4) is 0 Å². The zero-order valence-electron chi connectivity index (χ0n) is 12.8. The summed E-state index contributed by atoms with van der Waals surface area (Å²) in [6.45, 7) is 2.04. The van der Waals surface area contributed by atoms with Crippen molar-refractivity contribution in [3.63, 3.8) is 0 Å². The van der Waals surface area contributed by atoms with Gasteiger partial charge in [0.15, 0.2) is 5.78 Å². The van der Waals surface area contributed by atoms with E-state index >= 15 is 0 Å². The summed E-state index contributed by atoms with van der Waals surface area (Å²) in [7, 11) is -4.43. The molecular weight excluding hydrogens is 317 g/mol. The van der Waals surface area contributed by atoms with Crippen LogP contribution in [-0.2, 0) is 9.36 Å². The highest BCUT2D eigenvalue weighted by Gasteiger charge is 2.21. The number of phenols is 1. The second-order valence-corrected chi connectivity index (χ2v) is 6.98. The molecule has 0 saturated heterocycles. The normalized spacial score (nSPS) is 16.6. The van der Waals surface area contributed by atoms with Crippen LogP contribution in [0.15, 0.2) is 47.7 Å². The van der Waals surface area contributed by atoms with Crippen molar-refractivity contribution in [2.24, 2.45) is 0 Å². The van der Waals surface area contributed by atoms with Gasteiger partial charge in [-0.3, -0.25) is 9.88 Å². The number of phenolic OH excluding ortho intramolecular Hbond substituents is 1. The van der Waals surface area contributed by atoms with Crippen molar-refractivity contribution in [1.29, 1.82) is 0 Å². The first kappa shape index (κ1) is 17.5. The van der Waals surface area contributed by atoms with Crippen LogP contribution in [0.25, 0.3) is 0 Å². The Hall–Kier alpha value is -1.88. The highest BCUT2D eigenvalue weighted by molar-refractivity contribution is 7.49. The van der Waals surface area contributed by atoms with Gasteiger partial charge in [-0.1, -0.05) is 25.1 Å². The van der Waals surface area contributed by atoms with Crippen molar-refractivity contribution in [2.45, 2.75) is 32.1 Å². The van der Waals surface area contributed by atoms with Gasteiger partial charge in [-0.2, -0.15) is 0 Å². The van der Waals surface area contributed by atoms with Gasteiger partial charge in [0.2, 0.25) is 0 Å². The monoisotopic (exact) mass is 337 g/mol. The fourth-order valence-electron chi connectivity index (χ4n) is 2.50. The van der Waals surface area contributed by atoms with Crippen LogP contribution in [0.5, 0.6) is 5.75 Å².